The highest BCUT2D eigenvalue weighted by molar-refractivity contribution is 5.88. The lowest BCUT2D eigenvalue weighted by atomic mass is 10.1. The minimum absolute atomic E-state index is 0.0423. The van der Waals surface area contributed by atoms with Gasteiger partial charge in [-0.3, -0.25) is 9.59 Å². The summed E-state index contributed by atoms with van der Waals surface area (Å²) in [6.07, 6.45) is 2.64. The van der Waals surface area contributed by atoms with Gasteiger partial charge in [0.2, 0.25) is 11.8 Å². The van der Waals surface area contributed by atoms with Gasteiger partial charge in [0.1, 0.15) is 11.8 Å². The number of nitrogens with one attached hydrogen (secondary N) is 1. The molecule has 5 nitrogen and oxygen atoms in total. The maximum Gasteiger partial charge on any atom is 0.239 e. The van der Waals surface area contributed by atoms with Gasteiger partial charge in [-0.05, 0) is 13.3 Å². The normalized spacial score (nSPS) is 11.9. The van der Waals surface area contributed by atoms with Crippen molar-refractivity contribution in [2.24, 2.45) is 5.73 Å². The molecular weight excluding hydrogens is 208 g/mol. The molecule has 0 saturated carbocycles. The van der Waals surface area contributed by atoms with E-state index in [1.807, 2.05) is 6.92 Å². The second-order valence-corrected chi connectivity index (χ2v) is 3.87. The van der Waals surface area contributed by atoms with Crippen LogP contribution < -0.4 is 11.1 Å². The lowest BCUT2D eigenvalue weighted by molar-refractivity contribution is -0.128. The van der Waals surface area contributed by atoms with Crippen LogP contribution in [0.2, 0.25) is 0 Å². The summed E-state index contributed by atoms with van der Waals surface area (Å²) < 4.78 is 0. The van der Waals surface area contributed by atoms with Gasteiger partial charge in [0.15, 0.2) is 0 Å². The van der Waals surface area contributed by atoms with Gasteiger partial charge in [0, 0.05) is 12.8 Å². The Kier molecular flexibility index (Phi) is 7.16. The van der Waals surface area contributed by atoms with Crippen molar-refractivity contribution in [3.63, 3.8) is 0 Å². The lowest BCUT2D eigenvalue weighted by Crippen LogP contribution is -2.44. The number of nitrogens with two attached hydrogens (primary N) is 1. The number of Topliss-reactive ketones (excluding diaryl/α,β-unsaturated/α-hetero) is 1. The van der Waals surface area contributed by atoms with E-state index in [1.54, 1.807) is 0 Å². The second-order valence-electron chi connectivity index (χ2n) is 3.87. The molecule has 16 heavy (non-hydrogen) atoms. The average molecular weight is 228 g/mol. The molecule has 0 heterocycles. The molecule has 3 N–H and O–H groups in total. The largest absolute Gasteiger partial charge is 0.368 e. The van der Waals surface area contributed by atoms with Gasteiger partial charge >= 0.3 is 0 Å². The summed E-state index contributed by atoms with van der Waals surface area (Å²) in [4.78, 5) is 33.0. The maximum absolute atomic E-state index is 11.4. The molecule has 0 aromatic rings. The summed E-state index contributed by atoms with van der Waals surface area (Å²) in [5.74, 6) is -0.862. The number of carbonyl (C=O) groups is 3. The highest BCUT2D eigenvalue weighted by Gasteiger charge is 2.17. The molecule has 0 aliphatic carbocycles. The SMILES string of the molecule is CCCC[C@H](NC(=O)CCC(C)=O)C(N)=O. The van der Waals surface area contributed by atoms with Crippen molar-refractivity contribution in [2.75, 3.05) is 0 Å². The van der Waals surface area contributed by atoms with Crippen molar-refractivity contribution in [1.29, 1.82) is 0 Å². The van der Waals surface area contributed by atoms with Gasteiger partial charge in [-0.25, -0.2) is 0 Å². The third-order valence-electron chi connectivity index (χ3n) is 2.23. The molecule has 0 fully saturated rings. The van der Waals surface area contributed by atoms with Crippen LogP contribution >= 0.6 is 0 Å². The number of hydrogen-bond donors (Lipinski definition) is 2. The van der Waals surface area contributed by atoms with E-state index in [1.165, 1.54) is 6.92 Å². The predicted octanol–water partition coefficient (Wildman–Crippen LogP) is 0.516. The molecule has 0 aliphatic heterocycles. The fourth-order valence-corrected chi connectivity index (χ4v) is 1.25. The number of ketones is 1. The van der Waals surface area contributed by atoms with Crippen LogP contribution in [0.5, 0.6) is 0 Å². The summed E-state index contributed by atoms with van der Waals surface area (Å²) in [5, 5.41) is 2.54. The molecule has 0 saturated heterocycles. The van der Waals surface area contributed by atoms with Crippen LogP contribution in [-0.2, 0) is 14.4 Å². The number of unbranched alkanes of at least 4 members (excludes halogenated alkanes) is 1. The Labute approximate surface area is 95.8 Å². The lowest BCUT2D eigenvalue weighted by Gasteiger charge is -2.14. The molecule has 0 aliphatic rings. The van der Waals surface area contributed by atoms with Gasteiger partial charge in [-0.2, -0.15) is 0 Å². The van der Waals surface area contributed by atoms with Crippen LogP contribution in [0.3, 0.4) is 0 Å². The Morgan fingerprint density at radius 3 is 2.31 bits per heavy atom. The van der Waals surface area contributed by atoms with Crippen molar-refractivity contribution in [1.82, 2.24) is 5.32 Å². The van der Waals surface area contributed by atoms with Gasteiger partial charge in [0.25, 0.3) is 0 Å². The Morgan fingerprint density at radius 1 is 1.25 bits per heavy atom. The van der Waals surface area contributed by atoms with E-state index in [2.05, 4.69) is 5.32 Å². The summed E-state index contributed by atoms with van der Waals surface area (Å²) in [6.45, 7) is 3.42. The van der Waals surface area contributed by atoms with Crippen molar-refractivity contribution in [2.45, 2.75) is 52.0 Å². The van der Waals surface area contributed by atoms with Crippen molar-refractivity contribution in [3.8, 4) is 0 Å². The molecule has 0 bridgehead atoms. The molecule has 2 amide bonds. The van der Waals surface area contributed by atoms with E-state index in [4.69, 9.17) is 5.73 Å². The van der Waals surface area contributed by atoms with Gasteiger partial charge in [-0.15, -0.1) is 0 Å². The first kappa shape index (κ1) is 14.6. The summed E-state index contributed by atoms with van der Waals surface area (Å²) in [7, 11) is 0. The fourth-order valence-electron chi connectivity index (χ4n) is 1.25. The first-order valence-corrected chi connectivity index (χ1v) is 5.55. The zero-order chi connectivity index (χ0) is 12.6. The smallest absolute Gasteiger partial charge is 0.239 e. The minimum atomic E-state index is -0.612. The Morgan fingerprint density at radius 2 is 1.88 bits per heavy atom. The monoisotopic (exact) mass is 228 g/mol. The zero-order valence-electron chi connectivity index (χ0n) is 9.91. The molecule has 0 rings (SSSR count). The quantitative estimate of drug-likeness (QED) is 0.634. The van der Waals surface area contributed by atoms with Crippen LogP contribution in [-0.4, -0.2) is 23.6 Å². The number of rotatable bonds is 8. The third kappa shape index (κ3) is 6.98. The number of carbonyl (C=O) groups excluding carboxylic acids is 3. The standard InChI is InChI=1S/C11H20N2O3/c1-3-4-5-9(11(12)16)13-10(15)7-6-8(2)14/h9H,3-7H2,1-2H3,(H2,12,16)(H,13,15)/t9-/m0/s1. The first-order chi connectivity index (χ1) is 7.47. The second kappa shape index (κ2) is 7.84. The van der Waals surface area contributed by atoms with Crippen LogP contribution in [0.25, 0.3) is 0 Å². The number of hydrogen-bond acceptors (Lipinski definition) is 3. The van der Waals surface area contributed by atoms with E-state index in [0.717, 1.165) is 12.8 Å². The van der Waals surface area contributed by atoms with Crippen LogP contribution in [0.1, 0.15) is 46.0 Å². The molecule has 0 radical (unpaired) electrons. The van der Waals surface area contributed by atoms with E-state index in [0.29, 0.717) is 6.42 Å². The molecule has 0 spiro atoms. The predicted molar refractivity (Wildman–Crippen MR) is 60.6 cm³/mol. The highest BCUT2D eigenvalue weighted by atomic mass is 16.2. The van der Waals surface area contributed by atoms with Crippen molar-refractivity contribution in [3.05, 3.63) is 0 Å². The van der Waals surface area contributed by atoms with Gasteiger partial charge in [-0.1, -0.05) is 19.8 Å². The molecular formula is C11H20N2O3. The van der Waals surface area contributed by atoms with Crippen molar-refractivity contribution < 1.29 is 14.4 Å². The Balaban J connectivity index is 4.02. The Bertz CT molecular complexity index is 264. The van der Waals surface area contributed by atoms with Crippen molar-refractivity contribution >= 4 is 17.6 Å². The fraction of sp³-hybridized carbons (Fsp3) is 0.727. The summed E-state index contributed by atoms with van der Waals surface area (Å²) >= 11 is 0. The molecule has 1 atom stereocenters. The average Bonchev–Trinajstić information content (AvgIpc) is 2.20. The highest BCUT2D eigenvalue weighted by Crippen LogP contribution is 2.01. The summed E-state index contributed by atoms with van der Waals surface area (Å²) in [5.41, 5.74) is 5.16. The Hall–Kier alpha value is -1.39. The van der Waals surface area contributed by atoms with Gasteiger partial charge in [0.05, 0.1) is 0 Å². The van der Waals surface area contributed by atoms with E-state index in [-0.39, 0.29) is 24.5 Å². The summed E-state index contributed by atoms with van der Waals surface area (Å²) in [6, 6.07) is -0.612. The molecule has 0 aromatic heterocycles. The van der Waals surface area contributed by atoms with Crippen LogP contribution in [0.15, 0.2) is 0 Å². The topological polar surface area (TPSA) is 89.3 Å². The van der Waals surface area contributed by atoms with Crippen LogP contribution in [0, 0.1) is 0 Å². The minimum Gasteiger partial charge on any atom is -0.368 e. The third-order valence-corrected chi connectivity index (χ3v) is 2.23. The number of amides is 2. The van der Waals surface area contributed by atoms with E-state index in [9.17, 15) is 14.4 Å². The van der Waals surface area contributed by atoms with E-state index >= 15 is 0 Å². The number of primary amides is 1. The van der Waals surface area contributed by atoms with Crippen LogP contribution in [0.4, 0.5) is 0 Å². The molecule has 0 unspecified atom stereocenters. The molecule has 5 heteroatoms. The first-order valence-electron chi connectivity index (χ1n) is 5.55. The van der Waals surface area contributed by atoms with Gasteiger partial charge < -0.3 is 15.8 Å². The zero-order valence-corrected chi connectivity index (χ0v) is 9.91. The maximum atomic E-state index is 11.4. The molecule has 0 aromatic carbocycles. The molecule has 92 valence electrons. The van der Waals surface area contributed by atoms with E-state index < -0.39 is 11.9 Å².